The van der Waals surface area contributed by atoms with Gasteiger partial charge in [0.05, 0.1) is 6.42 Å². The quantitative estimate of drug-likeness (QED) is 0.869. The second-order valence-corrected chi connectivity index (χ2v) is 4.62. The molecule has 1 aromatic carbocycles. The molecule has 1 aromatic rings. The lowest BCUT2D eigenvalue weighted by molar-refractivity contribution is -0.138. The molecule has 0 aromatic heterocycles. The molecular formula is C14H19NO2. The Labute approximate surface area is 102 Å². The van der Waals surface area contributed by atoms with E-state index < -0.39 is 5.97 Å². The van der Waals surface area contributed by atoms with E-state index in [0.717, 1.165) is 18.7 Å². The number of aliphatic carboxylic acids is 1. The Balaban J connectivity index is 2.15. The molecule has 92 valence electrons. The summed E-state index contributed by atoms with van der Waals surface area (Å²) in [4.78, 5) is 13.3. The van der Waals surface area contributed by atoms with Crippen molar-refractivity contribution in [2.75, 3.05) is 13.1 Å². The van der Waals surface area contributed by atoms with Gasteiger partial charge in [0.1, 0.15) is 0 Å². The number of benzene rings is 1. The molecule has 1 N–H and O–H groups in total. The van der Waals surface area contributed by atoms with Crippen LogP contribution < -0.4 is 0 Å². The van der Waals surface area contributed by atoms with Gasteiger partial charge in [-0.1, -0.05) is 36.8 Å². The average molecular weight is 233 g/mol. The number of hydrogen-bond acceptors (Lipinski definition) is 2. The Kier molecular flexibility index (Phi) is 4.15. The normalized spacial score (nSPS) is 18.8. The Bertz CT molecular complexity index is 358. The summed E-state index contributed by atoms with van der Waals surface area (Å²) < 4.78 is 0. The van der Waals surface area contributed by atoms with E-state index in [0.29, 0.717) is 0 Å². The van der Waals surface area contributed by atoms with Crippen LogP contribution in [-0.4, -0.2) is 29.1 Å². The van der Waals surface area contributed by atoms with Crippen LogP contribution in [-0.2, 0) is 4.79 Å². The largest absolute Gasteiger partial charge is 0.481 e. The summed E-state index contributed by atoms with van der Waals surface area (Å²) in [5.74, 6) is -0.718. The third kappa shape index (κ3) is 3.30. The molecule has 3 nitrogen and oxygen atoms in total. The minimum Gasteiger partial charge on any atom is -0.481 e. The van der Waals surface area contributed by atoms with Crippen LogP contribution in [0.3, 0.4) is 0 Å². The first-order valence-corrected chi connectivity index (χ1v) is 6.28. The predicted octanol–water partition coefficient (Wildman–Crippen LogP) is 2.69. The fourth-order valence-corrected chi connectivity index (χ4v) is 2.53. The maximum Gasteiger partial charge on any atom is 0.305 e. The highest BCUT2D eigenvalue weighted by Gasteiger charge is 2.24. The van der Waals surface area contributed by atoms with Gasteiger partial charge in [-0.25, -0.2) is 0 Å². The topological polar surface area (TPSA) is 40.5 Å². The highest BCUT2D eigenvalue weighted by atomic mass is 16.4. The van der Waals surface area contributed by atoms with E-state index in [1.54, 1.807) is 0 Å². The van der Waals surface area contributed by atoms with Gasteiger partial charge in [-0.15, -0.1) is 0 Å². The maximum atomic E-state index is 11.0. The van der Waals surface area contributed by atoms with Crippen LogP contribution in [0.15, 0.2) is 30.3 Å². The lowest BCUT2D eigenvalue weighted by atomic mass is 9.99. The molecule has 1 fully saturated rings. The van der Waals surface area contributed by atoms with Gasteiger partial charge in [0.2, 0.25) is 0 Å². The van der Waals surface area contributed by atoms with Crippen molar-refractivity contribution in [3.63, 3.8) is 0 Å². The van der Waals surface area contributed by atoms with Gasteiger partial charge in [-0.3, -0.25) is 9.69 Å². The summed E-state index contributed by atoms with van der Waals surface area (Å²) in [5.41, 5.74) is 1.12. The number of likely N-dealkylation sites (tertiary alicyclic amines) is 1. The van der Waals surface area contributed by atoms with Crippen molar-refractivity contribution < 1.29 is 9.90 Å². The zero-order valence-corrected chi connectivity index (χ0v) is 10.0. The second-order valence-electron chi connectivity index (χ2n) is 4.62. The third-order valence-electron chi connectivity index (χ3n) is 3.38. The molecule has 2 rings (SSSR count). The Morgan fingerprint density at radius 2 is 1.82 bits per heavy atom. The van der Waals surface area contributed by atoms with Gasteiger partial charge in [-0.05, 0) is 31.5 Å². The molecule has 1 atom stereocenters. The van der Waals surface area contributed by atoms with Crippen molar-refractivity contribution in [2.24, 2.45) is 0 Å². The molecule has 0 amide bonds. The lowest BCUT2D eigenvalue weighted by Gasteiger charge is -2.34. The van der Waals surface area contributed by atoms with Crippen molar-refractivity contribution in [2.45, 2.75) is 31.7 Å². The molecule has 17 heavy (non-hydrogen) atoms. The highest BCUT2D eigenvalue weighted by Crippen LogP contribution is 2.27. The second kappa shape index (κ2) is 5.82. The van der Waals surface area contributed by atoms with Crippen LogP contribution in [0.4, 0.5) is 0 Å². The van der Waals surface area contributed by atoms with Crippen molar-refractivity contribution in [1.29, 1.82) is 0 Å². The van der Waals surface area contributed by atoms with Crippen molar-refractivity contribution in [3.8, 4) is 0 Å². The number of carboxylic acid groups (broad SMARTS) is 1. The zero-order chi connectivity index (χ0) is 12.1. The van der Waals surface area contributed by atoms with Crippen LogP contribution in [0.25, 0.3) is 0 Å². The first-order chi connectivity index (χ1) is 8.27. The van der Waals surface area contributed by atoms with Crippen molar-refractivity contribution >= 4 is 5.97 Å². The summed E-state index contributed by atoms with van der Waals surface area (Å²) in [6.45, 7) is 2.04. The summed E-state index contributed by atoms with van der Waals surface area (Å²) in [5, 5.41) is 9.05. The lowest BCUT2D eigenvalue weighted by Crippen LogP contribution is -2.34. The average Bonchev–Trinajstić information content (AvgIpc) is 2.38. The summed E-state index contributed by atoms with van der Waals surface area (Å²) in [7, 11) is 0. The number of hydrogen-bond donors (Lipinski definition) is 1. The van der Waals surface area contributed by atoms with E-state index in [1.165, 1.54) is 19.3 Å². The van der Waals surface area contributed by atoms with Gasteiger partial charge < -0.3 is 5.11 Å². The summed E-state index contributed by atoms with van der Waals surface area (Å²) in [6, 6.07) is 10.0. The minimum atomic E-state index is -0.718. The number of rotatable bonds is 4. The highest BCUT2D eigenvalue weighted by molar-refractivity contribution is 5.67. The van der Waals surface area contributed by atoms with Gasteiger partial charge >= 0.3 is 5.97 Å². The van der Waals surface area contributed by atoms with Crippen molar-refractivity contribution in [3.05, 3.63) is 35.9 Å². The SMILES string of the molecule is O=C(O)CC(c1ccccc1)N1CCCCC1. The molecule has 0 saturated carbocycles. The number of carboxylic acids is 1. The van der Waals surface area contributed by atoms with E-state index in [9.17, 15) is 4.79 Å². The van der Waals surface area contributed by atoms with E-state index in [2.05, 4.69) is 4.90 Å². The summed E-state index contributed by atoms with van der Waals surface area (Å²) >= 11 is 0. The Hall–Kier alpha value is -1.35. The van der Waals surface area contributed by atoms with Gasteiger partial charge in [0.25, 0.3) is 0 Å². The van der Waals surface area contributed by atoms with Gasteiger partial charge in [0, 0.05) is 6.04 Å². The molecule has 1 heterocycles. The number of piperidine rings is 1. The molecule has 0 radical (unpaired) electrons. The van der Waals surface area contributed by atoms with Crippen LogP contribution in [0.1, 0.15) is 37.3 Å². The van der Waals surface area contributed by atoms with Crippen molar-refractivity contribution in [1.82, 2.24) is 4.90 Å². The van der Waals surface area contributed by atoms with Crippen LogP contribution in [0.2, 0.25) is 0 Å². The zero-order valence-electron chi connectivity index (χ0n) is 10.0. The van der Waals surface area contributed by atoms with E-state index in [-0.39, 0.29) is 12.5 Å². The molecule has 1 unspecified atom stereocenters. The summed E-state index contributed by atoms with van der Waals surface area (Å²) in [6.07, 6.45) is 3.83. The van der Waals surface area contributed by atoms with E-state index in [4.69, 9.17) is 5.11 Å². The van der Waals surface area contributed by atoms with Crippen LogP contribution in [0, 0.1) is 0 Å². The number of carbonyl (C=O) groups is 1. The molecule has 1 aliphatic heterocycles. The molecule has 0 bridgehead atoms. The molecule has 3 heteroatoms. The standard InChI is InChI=1S/C14H19NO2/c16-14(17)11-13(12-7-3-1-4-8-12)15-9-5-2-6-10-15/h1,3-4,7-8,13H,2,5-6,9-11H2,(H,16,17). The molecule has 1 aliphatic rings. The molecule has 1 saturated heterocycles. The minimum absolute atomic E-state index is 0.0361. The molecular weight excluding hydrogens is 214 g/mol. The molecule has 0 spiro atoms. The van der Waals surface area contributed by atoms with Gasteiger partial charge in [-0.2, -0.15) is 0 Å². The fourth-order valence-electron chi connectivity index (χ4n) is 2.53. The van der Waals surface area contributed by atoms with E-state index in [1.807, 2.05) is 30.3 Å². The maximum absolute atomic E-state index is 11.0. The fraction of sp³-hybridized carbons (Fsp3) is 0.500. The van der Waals surface area contributed by atoms with Gasteiger partial charge in [0.15, 0.2) is 0 Å². The third-order valence-corrected chi connectivity index (χ3v) is 3.38. The molecule has 0 aliphatic carbocycles. The predicted molar refractivity (Wildman–Crippen MR) is 66.9 cm³/mol. The van der Waals surface area contributed by atoms with Crippen LogP contribution in [0.5, 0.6) is 0 Å². The monoisotopic (exact) mass is 233 g/mol. The Morgan fingerprint density at radius 3 is 2.41 bits per heavy atom. The Morgan fingerprint density at radius 1 is 1.18 bits per heavy atom. The smallest absolute Gasteiger partial charge is 0.305 e. The first-order valence-electron chi connectivity index (χ1n) is 6.28. The first kappa shape index (κ1) is 12.1. The van der Waals surface area contributed by atoms with E-state index >= 15 is 0 Å². The van der Waals surface area contributed by atoms with Crippen LogP contribution >= 0.6 is 0 Å². The number of nitrogens with zero attached hydrogens (tertiary/aromatic N) is 1.